The maximum Gasteiger partial charge on any atom is 0.181 e. The van der Waals surface area contributed by atoms with E-state index in [0.29, 0.717) is 0 Å². The number of nitrogens with two attached hydrogens (primary N) is 1. The Morgan fingerprint density at radius 1 is 1.57 bits per heavy atom. The lowest BCUT2D eigenvalue weighted by molar-refractivity contribution is 0.601. The van der Waals surface area contributed by atoms with Crippen LogP contribution in [-0.2, 0) is 0 Å². The minimum Gasteiger partial charge on any atom is -0.443 e. The van der Waals surface area contributed by atoms with Crippen LogP contribution in [0.15, 0.2) is 29.0 Å². The van der Waals surface area contributed by atoms with Crippen LogP contribution < -0.4 is 5.73 Å². The molecule has 0 spiro atoms. The number of fused-ring (bicyclic) bond motifs is 1. The molecular formula is C10H12N2OS. The molecule has 1 atom stereocenters. The Morgan fingerprint density at radius 3 is 3.21 bits per heavy atom. The van der Waals surface area contributed by atoms with E-state index >= 15 is 0 Å². The summed E-state index contributed by atoms with van der Waals surface area (Å²) in [5, 5.41) is 0. The molecule has 0 saturated carbocycles. The molecule has 1 unspecified atom stereocenters. The fourth-order valence-corrected chi connectivity index (χ4v) is 1.93. The topological polar surface area (TPSA) is 52.0 Å². The number of aromatic nitrogens is 1. The molecule has 0 aliphatic heterocycles. The lowest BCUT2D eigenvalue weighted by Crippen LogP contribution is -2.12. The number of oxazole rings is 1. The highest BCUT2D eigenvalue weighted by atomic mass is 32.2. The highest BCUT2D eigenvalue weighted by Crippen LogP contribution is 2.20. The van der Waals surface area contributed by atoms with Crippen LogP contribution in [0.5, 0.6) is 0 Å². The molecular weight excluding hydrogens is 196 g/mol. The Balaban J connectivity index is 2.33. The molecule has 1 aromatic carbocycles. The van der Waals surface area contributed by atoms with E-state index < -0.39 is 0 Å². The summed E-state index contributed by atoms with van der Waals surface area (Å²) < 4.78 is 5.21. The van der Waals surface area contributed by atoms with Crippen molar-refractivity contribution in [3.8, 4) is 0 Å². The highest BCUT2D eigenvalue weighted by molar-refractivity contribution is 7.98. The molecule has 0 aliphatic carbocycles. The van der Waals surface area contributed by atoms with Gasteiger partial charge in [0, 0.05) is 11.8 Å². The lowest BCUT2D eigenvalue weighted by Gasteiger charge is -2.09. The Morgan fingerprint density at radius 2 is 2.43 bits per heavy atom. The number of thioether (sulfide) groups is 1. The molecule has 0 bridgehead atoms. The minimum absolute atomic E-state index is 0.0690. The van der Waals surface area contributed by atoms with E-state index in [1.165, 1.54) is 6.39 Å². The van der Waals surface area contributed by atoms with Gasteiger partial charge in [-0.2, -0.15) is 11.8 Å². The molecule has 3 nitrogen and oxygen atoms in total. The predicted octanol–water partition coefficient (Wildman–Crippen LogP) is 2.19. The maximum absolute atomic E-state index is 5.98. The first-order chi connectivity index (χ1) is 6.81. The molecule has 74 valence electrons. The average molecular weight is 208 g/mol. The van der Waals surface area contributed by atoms with Gasteiger partial charge in [0.15, 0.2) is 12.0 Å². The van der Waals surface area contributed by atoms with Crippen LogP contribution >= 0.6 is 11.8 Å². The predicted molar refractivity (Wildman–Crippen MR) is 59.3 cm³/mol. The van der Waals surface area contributed by atoms with Crippen molar-refractivity contribution in [1.29, 1.82) is 0 Å². The number of hydrogen-bond acceptors (Lipinski definition) is 4. The van der Waals surface area contributed by atoms with Gasteiger partial charge < -0.3 is 10.2 Å². The summed E-state index contributed by atoms with van der Waals surface area (Å²) in [6.07, 6.45) is 3.50. The van der Waals surface area contributed by atoms with Crippen LogP contribution in [-0.4, -0.2) is 17.0 Å². The van der Waals surface area contributed by atoms with Gasteiger partial charge in [-0.3, -0.25) is 0 Å². The van der Waals surface area contributed by atoms with Crippen LogP contribution in [0.3, 0.4) is 0 Å². The normalized spacial score (nSPS) is 13.3. The van der Waals surface area contributed by atoms with Gasteiger partial charge in [0.1, 0.15) is 5.52 Å². The second-order valence-corrected chi connectivity index (χ2v) is 4.05. The van der Waals surface area contributed by atoms with E-state index in [2.05, 4.69) is 4.98 Å². The Labute approximate surface area is 86.7 Å². The number of rotatable bonds is 3. The molecule has 14 heavy (non-hydrogen) atoms. The Kier molecular flexibility index (Phi) is 2.74. The minimum atomic E-state index is 0.0690. The van der Waals surface area contributed by atoms with Gasteiger partial charge in [0.05, 0.1) is 0 Å². The SMILES string of the molecule is CSCC(N)c1ccc2ncoc2c1. The first kappa shape index (κ1) is 9.55. The van der Waals surface area contributed by atoms with Crippen molar-refractivity contribution in [1.82, 2.24) is 4.98 Å². The van der Waals surface area contributed by atoms with Gasteiger partial charge in [-0.05, 0) is 24.0 Å². The van der Waals surface area contributed by atoms with Crippen molar-refractivity contribution in [3.63, 3.8) is 0 Å². The fraction of sp³-hybridized carbons (Fsp3) is 0.300. The summed E-state index contributed by atoms with van der Waals surface area (Å²) in [7, 11) is 0. The van der Waals surface area contributed by atoms with Gasteiger partial charge in [-0.25, -0.2) is 4.98 Å². The first-order valence-corrected chi connectivity index (χ1v) is 5.78. The summed E-state index contributed by atoms with van der Waals surface area (Å²) in [5.41, 5.74) is 8.77. The van der Waals surface area contributed by atoms with Crippen molar-refractivity contribution in [2.45, 2.75) is 6.04 Å². The van der Waals surface area contributed by atoms with Gasteiger partial charge >= 0.3 is 0 Å². The second-order valence-electron chi connectivity index (χ2n) is 3.14. The van der Waals surface area contributed by atoms with Crippen LogP contribution in [0, 0.1) is 0 Å². The van der Waals surface area contributed by atoms with E-state index in [0.717, 1.165) is 22.4 Å². The van der Waals surface area contributed by atoms with E-state index in [9.17, 15) is 0 Å². The maximum atomic E-state index is 5.98. The molecule has 0 radical (unpaired) electrons. The Hall–Kier alpha value is -1.00. The number of nitrogens with zero attached hydrogens (tertiary/aromatic N) is 1. The molecule has 1 aromatic heterocycles. The molecule has 1 heterocycles. The van der Waals surface area contributed by atoms with E-state index in [4.69, 9.17) is 10.2 Å². The monoisotopic (exact) mass is 208 g/mol. The van der Waals surface area contributed by atoms with Gasteiger partial charge in [0.25, 0.3) is 0 Å². The third-order valence-electron chi connectivity index (χ3n) is 2.13. The zero-order valence-electron chi connectivity index (χ0n) is 7.93. The van der Waals surface area contributed by atoms with Crippen molar-refractivity contribution >= 4 is 22.9 Å². The zero-order chi connectivity index (χ0) is 9.97. The summed E-state index contributed by atoms with van der Waals surface area (Å²) in [6, 6.07) is 5.98. The Bertz CT molecular complexity index is 427. The summed E-state index contributed by atoms with van der Waals surface area (Å²) in [4.78, 5) is 4.05. The molecule has 2 rings (SSSR count). The summed E-state index contributed by atoms with van der Waals surface area (Å²) in [5.74, 6) is 0.916. The molecule has 0 saturated heterocycles. The van der Waals surface area contributed by atoms with Crippen molar-refractivity contribution in [2.75, 3.05) is 12.0 Å². The van der Waals surface area contributed by atoms with Crippen molar-refractivity contribution < 1.29 is 4.42 Å². The summed E-state index contributed by atoms with van der Waals surface area (Å²) >= 11 is 1.74. The van der Waals surface area contributed by atoms with E-state index in [1.807, 2.05) is 24.5 Å². The first-order valence-electron chi connectivity index (χ1n) is 4.39. The average Bonchev–Trinajstić information content (AvgIpc) is 2.64. The fourth-order valence-electron chi connectivity index (χ4n) is 1.38. The number of hydrogen-bond donors (Lipinski definition) is 1. The van der Waals surface area contributed by atoms with E-state index in [1.54, 1.807) is 11.8 Å². The van der Waals surface area contributed by atoms with Crippen LogP contribution in [0.1, 0.15) is 11.6 Å². The number of benzene rings is 1. The van der Waals surface area contributed by atoms with Crippen LogP contribution in [0.2, 0.25) is 0 Å². The highest BCUT2D eigenvalue weighted by Gasteiger charge is 2.07. The smallest absolute Gasteiger partial charge is 0.181 e. The standard InChI is InChI=1S/C10H12N2OS/c1-14-5-8(11)7-2-3-9-10(4-7)13-6-12-9/h2-4,6,8H,5,11H2,1H3. The zero-order valence-corrected chi connectivity index (χ0v) is 8.75. The quantitative estimate of drug-likeness (QED) is 0.840. The van der Waals surface area contributed by atoms with Gasteiger partial charge in [0.2, 0.25) is 0 Å². The van der Waals surface area contributed by atoms with Gasteiger partial charge in [-0.15, -0.1) is 0 Å². The molecule has 0 aliphatic rings. The van der Waals surface area contributed by atoms with Crippen LogP contribution in [0.25, 0.3) is 11.1 Å². The van der Waals surface area contributed by atoms with Crippen molar-refractivity contribution in [3.05, 3.63) is 30.2 Å². The molecule has 2 N–H and O–H groups in total. The third kappa shape index (κ3) is 1.76. The lowest BCUT2D eigenvalue weighted by atomic mass is 10.1. The third-order valence-corrected chi connectivity index (χ3v) is 2.82. The molecule has 0 fully saturated rings. The largest absolute Gasteiger partial charge is 0.443 e. The van der Waals surface area contributed by atoms with E-state index in [-0.39, 0.29) is 6.04 Å². The van der Waals surface area contributed by atoms with Crippen LogP contribution in [0.4, 0.5) is 0 Å². The second kappa shape index (κ2) is 4.02. The summed E-state index contributed by atoms with van der Waals surface area (Å²) in [6.45, 7) is 0. The van der Waals surface area contributed by atoms with Crippen molar-refractivity contribution in [2.24, 2.45) is 5.73 Å². The molecule has 0 amide bonds. The molecule has 2 aromatic rings. The van der Waals surface area contributed by atoms with Gasteiger partial charge in [-0.1, -0.05) is 6.07 Å². The molecule has 4 heteroatoms.